The quantitative estimate of drug-likeness (QED) is 0.409. The third kappa shape index (κ3) is 8.26. The maximum atomic E-state index is 9.63. The molecule has 0 aromatic heterocycles. The zero-order valence-electron chi connectivity index (χ0n) is 3.91. The Hall–Kier alpha value is 0.260. The Balaban J connectivity index is 4.07. The summed E-state index contributed by atoms with van der Waals surface area (Å²) < 4.78 is 22.2. The van der Waals surface area contributed by atoms with Gasteiger partial charge in [-0.25, -0.2) is 9.13 Å². The third-order valence-corrected chi connectivity index (χ3v) is 1.91. The predicted molar refractivity (Wildman–Crippen MR) is 25.2 cm³/mol. The van der Waals surface area contributed by atoms with Crippen LogP contribution in [0.4, 0.5) is 0 Å². The molecule has 0 saturated carbocycles. The molecule has 9 heavy (non-hydrogen) atoms. The number of rotatable bonds is 2. The minimum atomic E-state index is -5.05. The summed E-state index contributed by atoms with van der Waals surface area (Å²) in [7, 11) is -10.1. The lowest BCUT2D eigenvalue weighted by molar-refractivity contribution is 0.225. The van der Waals surface area contributed by atoms with Crippen molar-refractivity contribution in [3.8, 4) is 0 Å². The Morgan fingerprint density at radius 1 is 1.33 bits per heavy atom. The summed E-state index contributed by atoms with van der Waals surface area (Å²) in [5.41, 5.74) is 0. The zero-order chi connectivity index (χ0) is 7.71. The lowest BCUT2D eigenvalue weighted by Crippen LogP contribution is -1.84. The van der Waals surface area contributed by atoms with E-state index in [1.165, 1.54) is 0 Å². The molecule has 0 aliphatic rings. The Morgan fingerprint density at radius 3 is 1.67 bits per heavy atom. The van der Waals surface area contributed by atoms with Gasteiger partial charge in [-0.3, -0.25) is 0 Å². The second kappa shape index (κ2) is 2.48. The Bertz CT molecular complexity index is 147. The molecule has 0 spiro atoms. The molecule has 4 N–H and O–H groups in total. The highest BCUT2D eigenvalue weighted by Crippen LogP contribution is 2.53. The van der Waals surface area contributed by atoms with Gasteiger partial charge in [-0.2, -0.15) is 4.31 Å². The van der Waals surface area contributed by atoms with Gasteiger partial charge in [0.1, 0.15) is 0 Å². The maximum Gasteiger partial charge on any atom is 0.478 e. The molecule has 9 heteroatoms. The van der Waals surface area contributed by atoms with Crippen molar-refractivity contribution in [1.29, 1.82) is 0 Å². The van der Waals surface area contributed by atoms with Crippen LogP contribution in [0, 0.1) is 0 Å². The summed E-state index contributed by atoms with van der Waals surface area (Å²) >= 11 is 0. The highest BCUT2D eigenvalue weighted by molar-refractivity contribution is 7.60. The van der Waals surface area contributed by atoms with Crippen LogP contribution >= 0.6 is 15.6 Å². The summed E-state index contributed by atoms with van der Waals surface area (Å²) in [5.74, 6) is 0. The molecular weight excluding hydrogens is 176 g/mol. The van der Waals surface area contributed by atoms with Gasteiger partial charge in [-0.05, 0) is 0 Å². The van der Waals surface area contributed by atoms with Crippen molar-refractivity contribution in [3.63, 3.8) is 0 Å². The van der Waals surface area contributed by atoms with E-state index in [0.717, 1.165) is 0 Å². The molecule has 0 amide bonds. The van der Waals surface area contributed by atoms with E-state index in [0.29, 0.717) is 0 Å². The van der Waals surface area contributed by atoms with Crippen LogP contribution in [-0.4, -0.2) is 19.6 Å². The Morgan fingerprint density at radius 2 is 1.67 bits per heavy atom. The molecule has 0 heterocycles. The van der Waals surface area contributed by atoms with E-state index < -0.39 is 15.6 Å². The number of hydrogen-bond donors (Lipinski definition) is 4. The van der Waals surface area contributed by atoms with Crippen molar-refractivity contribution < 1.29 is 33.0 Å². The molecule has 0 bridgehead atoms. The molecule has 0 radical (unpaired) electrons. The fraction of sp³-hybridized carbons (Fsp3) is 0. The maximum absolute atomic E-state index is 9.63. The largest absolute Gasteiger partial charge is 0.478 e. The lowest BCUT2D eigenvalue weighted by atomic mass is 15.7. The second-order valence-electron chi connectivity index (χ2n) is 1.06. The van der Waals surface area contributed by atoms with Gasteiger partial charge in [0.2, 0.25) is 0 Å². The van der Waals surface area contributed by atoms with E-state index in [9.17, 15) is 9.13 Å². The molecule has 0 aliphatic heterocycles. The highest BCUT2D eigenvalue weighted by Gasteiger charge is 2.27. The Kier molecular flexibility index (Phi) is 2.55. The van der Waals surface area contributed by atoms with Gasteiger partial charge in [-0.1, -0.05) is 0 Å². The SMILES string of the molecule is O=P(O)(O)O[33P](=O)(O)O. The van der Waals surface area contributed by atoms with E-state index in [4.69, 9.17) is 19.6 Å². The van der Waals surface area contributed by atoms with Crippen molar-refractivity contribution in [2.75, 3.05) is 0 Å². The summed E-state index contributed by atoms with van der Waals surface area (Å²) in [4.78, 5) is 31.0. The molecule has 0 rings (SSSR count). The van der Waals surface area contributed by atoms with Crippen LogP contribution in [0.3, 0.4) is 0 Å². The topological polar surface area (TPSA) is 124 Å². The zero-order valence-corrected chi connectivity index (χ0v) is 5.70. The van der Waals surface area contributed by atoms with Crippen molar-refractivity contribution in [3.05, 3.63) is 0 Å². The smallest absolute Gasteiger partial charge is 0.302 e. The first kappa shape index (κ1) is 9.26. The molecular formula is H4O7P2. The lowest BCUT2D eigenvalue weighted by Gasteiger charge is -2.03. The summed E-state index contributed by atoms with van der Waals surface area (Å²) in [5, 5.41) is 0. The predicted octanol–water partition coefficient (Wildman–Crippen LogP) is -0.812. The second-order valence-corrected chi connectivity index (χ2v) is 3.68. The van der Waals surface area contributed by atoms with Crippen LogP contribution in [-0.2, 0) is 13.4 Å². The van der Waals surface area contributed by atoms with E-state index in [1.807, 2.05) is 0 Å². The first-order valence-electron chi connectivity index (χ1n) is 1.53. The van der Waals surface area contributed by atoms with Crippen LogP contribution in [0.25, 0.3) is 0 Å². The Labute approximate surface area is 49.8 Å². The molecule has 56 valence electrons. The average Bonchev–Trinajstić information content (AvgIpc) is 1.14. The number of hydrogen-bond acceptors (Lipinski definition) is 3. The van der Waals surface area contributed by atoms with Gasteiger partial charge >= 0.3 is 15.6 Å². The van der Waals surface area contributed by atoms with Crippen LogP contribution in [0.5, 0.6) is 0 Å². The van der Waals surface area contributed by atoms with Gasteiger partial charge in [-0.15, -0.1) is 0 Å². The summed E-state index contributed by atoms with van der Waals surface area (Å²) in [6.45, 7) is 0. The van der Waals surface area contributed by atoms with Crippen LogP contribution < -0.4 is 0 Å². The first-order valence-corrected chi connectivity index (χ1v) is 4.59. The summed E-state index contributed by atoms with van der Waals surface area (Å²) in [6, 6.07) is 0. The van der Waals surface area contributed by atoms with Crippen molar-refractivity contribution >= 4 is 15.6 Å². The third-order valence-electron chi connectivity index (χ3n) is 0.213. The van der Waals surface area contributed by atoms with Gasteiger partial charge in [0.15, 0.2) is 0 Å². The summed E-state index contributed by atoms with van der Waals surface area (Å²) in [6.07, 6.45) is 0. The first-order chi connectivity index (χ1) is 3.71. The molecule has 0 aliphatic carbocycles. The minimum Gasteiger partial charge on any atom is -0.302 e. The van der Waals surface area contributed by atoms with E-state index in [2.05, 4.69) is 4.31 Å². The van der Waals surface area contributed by atoms with Crippen LogP contribution in [0.2, 0.25) is 0 Å². The molecule has 0 atom stereocenters. The van der Waals surface area contributed by atoms with Crippen molar-refractivity contribution in [2.24, 2.45) is 0 Å². The van der Waals surface area contributed by atoms with Crippen molar-refractivity contribution in [2.45, 2.75) is 0 Å². The fourth-order valence-electron chi connectivity index (χ4n) is 0.139. The monoisotopic (exact) mass is 180 g/mol. The molecule has 0 fully saturated rings. The standard InChI is InChI=1S/H4O7P2/c1-8(2,3)7-9(4,5)6/h(H2,1,2,3)(H2,4,5,6)/i8+2. The van der Waals surface area contributed by atoms with Crippen LogP contribution in [0.1, 0.15) is 0 Å². The minimum absolute atomic E-state index is 2.96. The van der Waals surface area contributed by atoms with Crippen LogP contribution in [0.15, 0.2) is 0 Å². The molecule has 0 aromatic carbocycles. The average molecular weight is 180 g/mol. The van der Waals surface area contributed by atoms with Gasteiger partial charge in [0, 0.05) is 0 Å². The van der Waals surface area contributed by atoms with Gasteiger partial charge in [0.25, 0.3) is 0 Å². The van der Waals surface area contributed by atoms with E-state index in [-0.39, 0.29) is 0 Å². The van der Waals surface area contributed by atoms with E-state index in [1.54, 1.807) is 0 Å². The van der Waals surface area contributed by atoms with Gasteiger partial charge in [0.05, 0.1) is 0 Å². The molecule has 7 nitrogen and oxygen atoms in total. The van der Waals surface area contributed by atoms with Gasteiger partial charge < -0.3 is 19.6 Å². The molecule has 0 saturated heterocycles. The van der Waals surface area contributed by atoms with E-state index >= 15 is 0 Å². The highest BCUT2D eigenvalue weighted by atomic mass is 33.2. The number of phosphoric acid groups is 2. The molecule has 0 aromatic rings. The van der Waals surface area contributed by atoms with Crippen molar-refractivity contribution in [1.82, 2.24) is 0 Å². The fourth-order valence-corrected chi connectivity index (χ4v) is 1.25. The molecule has 0 unspecified atom stereocenters. The normalized spacial score (nSPS) is 13.8.